The number of halogens is 6. The van der Waals surface area contributed by atoms with Crippen LogP contribution in [-0.2, 0) is 11.0 Å². The molecular weight excluding hydrogens is 446 g/mol. The molecule has 0 bridgehead atoms. The van der Waals surface area contributed by atoms with E-state index in [9.17, 15) is 18.0 Å². The fraction of sp³-hybridized carbons (Fsp3) is 0.188. The Hall–Kier alpha value is -1.66. The highest BCUT2D eigenvalue weighted by Gasteiger charge is 2.35. The molecular formula is C16H9Cl3F3N3OS. The van der Waals surface area contributed by atoms with Crippen LogP contribution < -0.4 is 5.32 Å². The van der Waals surface area contributed by atoms with Gasteiger partial charge < -0.3 is 5.32 Å². The van der Waals surface area contributed by atoms with Gasteiger partial charge in [0.2, 0.25) is 5.91 Å². The number of aromatic nitrogens is 1. The third-order valence-corrected chi connectivity index (χ3v) is 4.93. The summed E-state index contributed by atoms with van der Waals surface area (Å²) in [6.07, 6.45) is -4.71. The van der Waals surface area contributed by atoms with Crippen LogP contribution in [0, 0.1) is 18.3 Å². The van der Waals surface area contributed by atoms with Gasteiger partial charge in [0.25, 0.3) is 0 Å². The van der Waals surface area contributed by atoms with Crippen molar-refractivity contribution in [1.29, 1.82) is 5.26 Å². The van der Waals surface area contributed by atoms with Gasteiger partial charge in [0.05, 0.1) is 32.6 Å². The van der Waals surface area contributed by atoms with Crippen LogP contribution in [0.2, 0.25) is 15.1 Å². The number of carbonyl (C=O) groups excluding carboxylic acids is 1. The number of aryl methyl sites for hydroxylation is 1. The number of nitriles is 1. The molecule has 0 fully saturated rings. The highest BCUT2D eigenvalue weighted by atomic mass is 35.5. The Morgan fingerprint density at radius 1 is 1.26 bits per heavy atom. The number of thioether (sulfide) groups is 1. The molecule has 1 amide bonds. The number of alkyl halides is 3. The molecule has 2 aromatic rings. The van der Waals surface area contributed by atoms with E-state index >= 15 is 0 Å². The third kappa shape index (κ3) is 5.42. The zero-order chi connectivity index (χ0) is 20.4. The summed E-state index contributed by atoms with van der Waals surface area (Å²) in [6.45, 7) is 1.37. The summed E-state index contributed by atoms with van der Waals surface area (Å²) in [6, 6.07) is 5.05. The number of nitrogens with one attached hydrogen (secondary N) is 1. The first-order valence-electron chi connectivity index (χ1n) is 7.09. The molecule has 0 unspecified atom stereocenters. The van der Waals surface area contributed by atoms with Crippen LogP contribution in [0.3, 0.4) is 0 Å². The van der Waals surface area contributed by atoms with E-state index in [0.29, 0.717) is 11.8 Å². The standard InChI is InChI=1S/C16H9Cl3F3N3OS/c1-7-2-10(16(20,21)22)9(5-23)15(24-7)27-6-13(26)25-14-11(18)3-8(17)4-12(14)19/h2-4H,6H2,1H3,(H,25,26). The Morgan fingerprint density at radius 3 is 2.37 bits per heavy atom. The van der Waals surface area contributed by atoms with E-state index in [-0.39, 0.29) is 37.2 Å². The van der Waals surface area contributed by atoms with Gasteiger partial charge in [-0.15, -0.1) is 0 Å². The van der Waals surface area contributed by atoms with Gasteiger partial charge >= 0.3 is 6.18 Å². The minimum atomic E-state index is -4.71. The van der Waals surface area contributed by atoms with Gasteiger partial charge in [-0.3, -0.25) is 4.79 Å². The average Bonchev–Trinajstić information content (AvgIpc) is 2.54. The molecule has 11 heteroatoms. The van der Waals surface area contributed by atoms with E-state index in [2.05, 4.69) is 10.3 Å². The summed E-state index contributed by atoms with van der Waals surface area (Å²) >= 11 is 18.4. The summed E-state index contributed by atoms with van der Waals surface area (Å²) in [4.78, 5) is 16.1. The quantitative estimate of drug-likeness (QED) is 0.578. The predicted molar refractivity (Wildman–Crippen MR) is 99.5 cm³/mol. The van der Waals surface area contributed by atoms with Gasteiger partial charge in [0.1, 0.15) is 11.1 Å². The van der Waals surface area contributed by atoms with Crippen LogP contribution >= 0.6 is 46.6 Å². The molecule has 0 aliphatic carbocycles. The second-order valence-electron chi connectivity index (χ2n) is 5.18. The first-order chi connectivity index (χ1) is 12.5. The van der Waals surface area contributed by atoms with Gasteiger partial charge in [-0.1, -0.05) is 46.6 Å². The van der Waals surface area contributed by atoms with Gasteiger partial charge in [-0.05, 0) is 25.1 Å². The minimum absolute atomic E-state index is 0.0769. The molecule has 0 aliphatic heterocycles. The SMILES string of the molecule is Cc1cc(C(F)(F)F)c(C#N)c(SCC(=O)Nc2c(Cl)cc(Cl)cc2Cl)n1. The van der Waals surface area contributed by atoms with E-state index in [0.717, 1.165) is 6.07 Å². The van der Waals surface area contributed by atoms with Crippen LogP contribution in [0.15, 0.2) is 23.2 Å². The van der Waals surface area contributed by atoms with Crippen molar-refractivity contribution >= 4 is 58.2 Å². The summed E-state index contributed by atoms with van der Waals surface area (Å²) in [5.41, 5.74) is -1.52. The number of hydrogen-bond acceptors (Lipinski definition) is 4. The van der Waals surface area contributed by atoms with E-state index in [1.807, 2.05) is 0 Å². The number of hydrogen-bond donors (Lipinski definition) is 1. The monoisotopic (exact) mass is 453 g/mol. The minimum Gasteiger partial charge on any atom is -0.323 e. The smallest absolute Gasteiger partial charge is 0.323 e. The lowest BCUT2D eigenvalue weighted by atomic mass is 10.1. The lowest BCUT2D eigenvalue weighted by Gasteiger charge is -2.13. The number of benzene rings is 1. The topological polar surface area (TPSA) is 65.8 Å². The Morgan fingerprint density at radius 2 is 1.85 bits per heavy atom. The molecule has 0 spiro atoms. The predicted octanol–water partition coefficient (Wildman–Crippen LogP) is 5.97. The number of rotatable bonds is 4. The first kappa shape index (κ1) is 21.6. The molecule has 4 nitrogen and oxygen atoms in total. The first-order valence-corrected chi connectivity index (χ1v) is 9.21. The van der Waals surface area contributed by atoms with Crippen molar-refractivity contribution in [3.63, 3.8) is 0 Å². The maximum atomic E-state index is 13.1. The highest BCUT2D eigenvalue weighted by Crippen LogP contribution is 2.36. The van der Waals surface area contributed by atoms with Crippen LogP contribution in [-0.4, -0.2) is 16.6 Å². The van der Waals surface area contributed by atoms with Crippen molar-refractivity contribution in [2.24, 2.45) is 0 Å². The van der Waals surface area contributed by atoms with E-state index in [4.69, 9.17) is 40.1 Å². The molecule has 0 saturated heterocycles. The molecule has 1 N–H and O–H groups in total. The van der Waals surface area contributed by atoms with Crippen LogP contribution in [0.25, 0.3) is 0 Å². The van der Waals surface area contributed by atoms with Gasteiger partial charge in [-0.25, -0.2) is 4.98 Å². The van der Waals surface area contributed by atoms with Crippen LogP contribution in [0.1, 0.15) is 16.8 Å². The molecule has 1 aromatic heterocycles. The lowest BCUT2D eigenvalue weighted by Crippen LogP contribution is -2.16. The molecule has 1 aromatic carbocycles. The van der Waals surface area contributed by atoms with Crippen LogP contribution in [0.4, 0.5) is 18.9 Å². The normalized spacial score (nSPS) is 11.2. The Bertz CT molecular complexity index is 922. The van der Waals surface area contributed by atoms with Crippen molar-refractivity contribution in [2.75, 3.05) is 11.1 Å². The zero-order valence-corrected chi connectivity index (χ0v) is 16.5. The number of pyridine rings is 1. The van der Waals surface area contributed by atoms with Crippen molar-refractivity contribution in [3.05, 3.63) is 50.1 Å². The second kappa shape index (κ2) is 8.57. The van der Waals surface area contributed by atoms with E-state index in [1.54, 1.807) is 0 Å². The average molecular weight is 455 g/mol. The molecule has 27 heavy (non-hydrogen) atoms. The molecule has 2 rings (SSSR count). The highest BCUT2D eigenvalue weighted by molar-refractivity contribution is 8.00. The fourth-order valence-corrected chi connectivity index (χ4v) is 3.81. The van der Waals surface area contributed by atoms with Crippen molar-refractivity contribution in [3.8, 4) is 6.07 Å². The maximum Gasteiger partial charge on any atom is 0.417 e. The maximum absolute atomic E-state index is 13.1. The Kier molecular flexibility index (Phi) is 6.87. The molecule has 0 atom stereocenters. The third-order valence-electron chi connectivity index (χ3n) is 3.14. The molecule has 142 valence electrons. The molecule has 0 aliphatic rings. The van der Waals surface area contributed by atoms with E-state index < -0.39 is 23.2 Å². The summed E-state index contributed by atoms with van der Waals surface area (Å²) < 4.78 is 39.3. The largest absolute Gasteiger partial charge is 0.417 e. The second-order valence-corrected chi connectivity index (χ2v) is 7.40. The van der Waals surface area contributed by atoms with Crippen molar-refractivity contribution in [2.45, 2.75) is 18.1 Å². The molecule has 0 saturated carbocycles. The summed E-state index contributed by atoms with van der Waals surface area (Å²) in [7, 11) is 0. The fourth-order valence-electron chi connectivity index (χ4n) is 2.05. The molecule has 0 radical (unpaired) electrons. The van der Waals surface area contributed by atoms with Gasteiger partial charge in [0.15, 0.2) is 0 Å². The Balaban J connectivity index is 2.21. The number of nitrogens with zero attached hydrogens (tertiary/aromatic N) is 2. The number of anilines is 1. The number of carbonyl (C=O) groups is 1. The van der Waals surface area contributed by atoms with Gasteiger partial charge in [0, 0.05) is 10.7 Å². The molecule has 1 heterocycles. The summed E-state index contributed by atoms with van der Waals surface area (Å²) in [5, 5.41) is 11.9. The lowest BCUT2D eigenvalue weighted by molar-refractivity contribution is -0.138. The van der Waals surface area contributed by atoms with E-state index in [1.165, 1.54) is 25.1 Å². The number of amides is 1. The van der Waals surface area contributed by atoms with Crippen molar-refractivity contribution < 1.29 is 18.0 Å². The van der Waals surface area contributed by atoms with Gasteiger partial charge in [-0.2, -0.15) is 18.4 Å². The van der Waals surface area contributed by atoms with Crippen molar-refractivity contribution in [1.82, 2.24) is 4.98 Å². The zero-order valence-electron chi connectivity index (χ0n) is 13.4. The summed E-state index contributed by atoms with van der Waals surface area (Å²) in [5.74, 6) is -0.899. The van der Waals surface area contributed by atoms with Crippen LogP contribution in [0.5, 0.6) is 0 Å². The Labute approximate surface area is 171 Å².